The third kappa shape index (κ3) is 5.60. The van der Waals surface area contributed by atoms with Crippen molar-refractivity contribution >= 4 is 131 Å². The molecule has 3 aromatic heterocycles. The molecule has 0 aliphatic carbocycles. The second kappa shape index (κ2) is 13.4. The van der Waals surface area contributed by atoms with Gasteiger partial charge in [-0.3, -0.25) is 0 Å². The molecule has 53 heavy (non-hydrogen) atoms. The van der Waals surface area contributed by atoms with E-state index in [0.29, 0.717) is 33.4 Å². The first-order chi connectivity index (χ1) is 25.0. The minimum atomic E-state index is -1.28. The molecular weight excluding hydrogens is 884 g/mol. The van der Waals surface area contributed by atoms with Crippen LogP contribution < -0.4 is 19.5 Å². The summed E-state index contributed by atoms with van der Waals surface area (Å²) >= 11 is 47.0. The van der Waals surface area contributed by atoms with E-state index in [0.717, 1.165) is 4.80 Å². The normalized spacial score (nSPS) is 11.8. The van der Waals surface area contributed by atoms with Gasteiger partial charge in [0.15, 0.2) is 18.2 Å². The fourth-order valence-corrected chi connectivity index (χ4v) is 7.84. The Hall–Kier alpha value is -3.91. The van der Waals surface area contributed by atoms with Crippen molar-refractivity contribution in [2.45, 2.75) is 0 Å². The van der Waals surface area contributed by atoms with Crippen LogP contribution in [0.1, 0.15) is 0 Å². The van der Waals surface area contributed by atoms with Gasteiger partial charge in [-0.05, 0) is 10.8 Å². The first-order valence-electron chi connectivity index (χ1n) is 14.8. The van der Waals surface area contributed by atoms with Crippen LogP contribution in [0.15, 0.2) is 48.5 Å². The van der Waals surface area contributed by atoms with Crippen LogP contribution in [0.5, 0.6) is 5.75 Å². The Morgan fingerprint density at radius 3 is 1.81 bits per heavy atom. The molecule has 0 radical (unpaired) electrons. The number of benzene rings is 4. The number of ether oxygens (including phenoxy) is 1. The van der Waals surface area contributed by atoms with Gasteiger partial charge in [0.1, 0.15) is 15.6 Å². The van der Waals surface area contributed by atoms with Crippen molar-refractivity contribution in [3.05, 3.63) is 83.7 Å². The van der Waals surface area contributed by atoms with Gasteiger partial charge in [0, 0.05) is 48.7 Å². The molecule has 0 saturated heterocycles. The Morgan fingerprint density at radius 1 is 0.623 bits per heavy atom. The zero-order valence-corrected chi connectivity index (χ0v) is 34.2. The number of nitrogens with zero attached hydrogens (tertiary/aromatic N) is 9. The van der Waals surface area contributed by atoms with Crippen LogP contribution in [0, 0.1) is 0 Å². The van der Waals surface area contributed by atoms with E-state index in [-0.39, 0.29) is 111 Å². The summed E-state index contributed by atoms with van der Waals surface area (Å²) in [5.74, 6) is -0.897. The molecule has 8 bridgehead atoms. The summed E-state index contributed by atoms with van der Waals surface area (Å²) in [7, 11) is 0. The van der Waals surface area contributed by atoms with Gasteiger partial charge in [0.2, 0.25) is 0 Å². The number of aromatic nitrogens is 9. The smallest absolute Gasteiger partial charge is 0.479 e. The molecule has 9 rings (SSSR count). The van der Waals surface area contributed by atoms with Crippen molar-refractivity contribution < 1.29 is 38.9 Å². The fourth-order valence-electron chi connectivity index (χ4n) is 5.96. The molecule has 20 heteroatoms. The van der Waals surface area contributed by atoms with Gasteiger partial charge in [0.25, 0.3) is 5.69 Å². The number of carboxylic acids is 1. The maximum absolute atomic E-state index is 11.4. The number of hydrogen-bond donors (Lipinski definition) is 1. The van der Waals surface area contributed by atoms with Gasteiger partial charge < -0.3 is 34.8 Å². The number of hydrogen-bond acceptors (Lipinski definition) is 8. The molecule has 256 valence electrons. The largest absolute Gasteiger partial charge is 2.00 e. The summed E-state index contributed by atoms with van der Waals surface area (Å²) in [6, 6.07) is 14.8. The molecular formula is C33H11Cl7N9O3Zn+. The van der Waals surface area contributed by atoms with Crippen LogP contribution in [0.4, 0.5) is 0 Å². The summed E-state index contributed by atoms with van der Waals surface area (Å²) in [6.07, 6.45) is 0. The van der Waals surface area contributed by atoms with Crippen molar-refractivity contribution in [2.75, 3.05) is 6.61 Å². The number of rotatable bonds is 3. The molecule has 0 amide bonds. The molecule has 7 aromatic rings. The number of carbonyl (C=O) groups is 1. The number of carboxylic acid groups (broad SMARTS) is 1. The van der Waals surface area contributed by atoms with Gasteiger partial charge >= 0.3 is 25.4 Å². The van der Waals surface area contributed by atoms with Crippen molar-refractivity contribution in [2.24, 2.45) is 0 Å². The molecule has 2 aliphatic heterocycles. The van der Waals surface area contributed by atoms with Crippen molar-refractivity contribution in [3.8, 4) is 45.6 Å². The molecule has 5 heterocycles. The van der Waals surface area contributed by atoms with Crippen LogP contribution in [-0.2, 0) is 24.3 Å². The Bertz CT molecular complexity index is 2960. The monoisotopic (exact) mass is 890 g/mol. The number of fused-ring (bicyclic) bond motifs is 20. The van der Waals surface area contributed by atoms with Crippen LogP contribution in [0.2, 0.25) is 35.2 Å². The molecule has 0 atom stereocenters. The van der Waals surface area contributed by atoms with Crippen molar-refractivity contribution in [1.29, 1.82) is 0 Å². The fraction of sp³-hybridized carbons (Fsp3) is 0.0303. The molecule has 2 aliphatic rings. The second-order valence-corrected chi connectivity index (χ2v) is 13.8. The first kappa shape index (κ1) is 36.1. The summed E-state index contributed by atoms with van der Waals surface area (Å²) in [6.45, 7) is -0.775. The van der Waals surface area contributed by atoms with Crippen LogP contribution in [0.25, 0.3) is 84.0 Å². The van der Waals surface area contributed by atoms with Crippen LogP contribution in [-0.4, -0.2) is 47.8 Å². The molecule has 12 nitrogen and oxygen atoms in total. The predicted molar refractivity (Wildman–Crippen MR) is 198 cm³/mol. The average molecular weight is 895 g/mol. The van der Waals surface area contributed by atoms with Crippen molar-refractivity contribution in [3.63, 3.8) is 0 Å². The minimum absolute atomic E-state index is 0. The predicted octanol–water partition coefficient (Wildman–Crippen LogP) is 8.77. The zero-order valence-electron chi connectivity index (χ0n) is 26.0. The maximum atomic E-state index is 11.4. The first-order valence-corrected chi connectivity index (χ1v) is 17.4. The molecule has 0 spiro atoms. The van der Waals surface area contributed by atoms with Gasteiger partial charge in [-0.1, -0.05) is 135 Å². The van der Waals surface area contributed by atoms with E-state index in [9.17, 15) is 9.90 Å². The van der Waals surface area contributed by atoms with Gasteiger partial charge in [0.05, 0.1) is 42.4 Å². The van der Waals surface area contributed by atoms with Gasteiger partial charge in [-0.25, -0.2) is 9.78 Å². The molecule has 1 N–H and O–H groups in total. The second-order valence-electron chi connectivity index (χ2n) is 11.2. The SMILES string of the molecule is O=C(O)COc1c(Cl)c(Cl)c2c3nc4nc(nc5[n-]c(nc6n[n+](nc([n-]3)c2c1Cl)-c1c(Cl)c(Cl)c(Cl)c(Cl)c1-6)c1ccccc51)-c1ccccc1-4.[Zn+2]. The Morgan fingerprint density at radius 2 is 1.17 bits per heavy atom. The van der Waals surface area contributed by atoms with Gasteiger partial charge in [-0.15, -0.1) is 0 Å². The summed E-state index contributed by atoms with van der Waals surface area (Å²) < 4.78 is 5.46. The Balaban J connectivity index is 0.00000400. The Labute approximate surface area is 343 Å². The van der Waals surface area contributed by atoms with Crippen molar-refractivity contribution in [1.82, 2.24) is 40.1 Å². The standard InChI is InChI=1S/C33H12Cl7N9O3.Zn/c34-18-15-16(20(36)26(24(18)40)52-9-14(50)51)32-46-31(15)44-29-12-7-3-1-5-10(12)27(42-29)41-28-11-6-2-4-8-13(11)30(43-28)45-33-17-19(35)21(37)22(38)23(39)25(17)49(47-32)48-33;/h1-8H,9H2,(H2,41,42,43,44,45,46,47,48,50,51);/q;+2/p-1. The van der Waals surface area contributed by atoms with E-state index in [4.69, 9.17) is 121 Å². The van der Waals surface area contributed by atoms with Crippen LogP contribution in [0.3, 0.4) is 0 Å². The van der Waals surface area contributed by atoms with Gasteiger partial charge in [-0.2, -0.15) is 0 Å². The molecule has 0 fully saturated rings. The quantitative estimate of drug-likeness (QED) is 0.0783. The van der Waals surface area contributed by atoms with E-state index < -0.39 is 12.6 Å². The van der Waals surface area contributed by atoms with E-state index >= 15 is 0 Å². The van der Waals surface area contributed by atoms with E-state index in [1.54, 1.807) is 0 Å². The topological polar surface area (TPSA) is 156 Å². The van der Waals surface area contributed by atoms with E-state index in [2.05, 4.69) is 5.10 Å². The number of aliphatic carboxylic acids is 1. The summed E-state index contributed by atoms with van der Waals surface area (Å²) in [4.78, 5) is 41.3. The zero-order chi connectivity index (χ0) is 36.2. The number of halogens is 7. The van der Waals surface area contributed by atoms with Crippen LogP contribution >= 0.6 is 81.2 Å². The molecule has 4 aromatic carbocycles. The van der Waals surface area contributed by atoms with E-state index in [1.165, 1.54) is 0 Å². The third-order valence-electron chi connectivity index (χ3n) is 8.20. The summed E-state index contributed by atoms with van der Waals surface area (Å²) in [5, 5.41) is 19.7. The third-order valence-corrected chi connectivity index (χ3v) is 11.2. The summed E-state index contributed by atoms with van der Waals surface area (Å²) in [5.41, 5.74) is 2.15. The minimum Gasteiger partial charge on any atom is -0.479 e. The maximum Gasteiger partial charge on any atom is 2.00 e. The van der Waals surface area contributed by atoms with E-state index in [1.807, 2.05) is 48.5 Å². The molecule has 0 unspecified atom stereocenters. The average Bonchev–Trinajstić information content (AvgIpc) is 3.87. The Kier molecular flexibility index (Phi) is 9.15. The molecule has 0 saturated carbocycles.